The van der Waals surface area contributed by atoms with Crippen LogP contribution in [0.15, 0.2) is 47.0 Å². The van der Waals surface area contributed by atoms with E-state index in [9.17, 15) is 9.90 Å². The molecule has 2 aromatic heterocycles. The number of hydrogen-bond acceptors (Lipinski definition) is 6. The number of aryl methyl sites for hydroxylation is 1. The van der Waals surface area contributed by atoms with E-state index in [0.717, 1.165) is 40.1 Å². The van der Waals surface area contributed by atoms with E-state index in [1.807, 2.05) is 16.1 Å². The van der Waals surface area contributed by atoms with Crippen molar-refractivity contribution < 1.29 is 9.90 Å². The monoisotopic (exact) mass is 378 g/mol. The van der Waals surface area contributed by atoms with Gasteiger partial charge in [0.1, 0.15) is 11.8 Å². The van der Waals surface area contributed by atoms with Crippen molar-refractivity contribution in [3.63, 3.8) is 0 Å². The highest BCUT2D eigenvalue weighted by atomic mass is 32.1. The summed E-state index contributed by atoms with van der Waals surface area (Å²) in [7, 11) is 0. The van der Waals surface area contributed by atoms with Crippen LogP contribution in [0.1, 0.15) is 35.7 Å². The Morgan fingerprint density at radius 1 is 1.30 bits per heavy atom. The maximum absolute atomic E-state index is 12.8. The molecule has 2 N–H and O–H groups in total. The van der Waals surface area contributed by atoms with Crippen molar-refractivity contribution in [2.75, 3.05) is 5.32 Å². The number of allylic oxidation sites excluding steroid dienone is 2. The Hall–Kier alpha value is -2.93. The number of thiophene rings is 1. The first-order valence-corrected chi connectivity index (χ1v) is 9.83. The SMILES string of the molecule is Cc1ccsc1C1C2=C(CCCC2=O)Nc2nc(-c3cccc(O)c3)nn21. The molecular weight excluding hydrogens is 360 g/mol. The Bertz CT molecular complexity index is 1100. The third-order valence-corrected chi connectivity index (χ3v) is 6.19. The second-order valence-electron chi connectivity index (χ2n) is 6.92. The highest BCUT2D eigenvalue weighted by molar-refractivity contribution is 7.10. The number of benzene rings is 1. The fourth-order valence-corrected chi connectivity index (χ4v) is 4.85. The molecule has 3 heterocycles. The third kappa shape index (κ3) is 2.57. The number of aromatic hydroxyl groups is 1. The normalized spacial score (nSPS) is 18.9. The lowest BCUT2D eigenvalue weighted by Crippen LogP contribution is -2.31. The molecule has 0 saturated heterocycles. The summed E-state index contributed by atoms with van der Waals surface area (Å²) in [4.78, 5) is 18.6. The average molecular weight is 378 g/mol. The molecule has 3 aromatic rings. The number of carbonyl (C=O) groups is 1. The molecule has 1 atom stereocenters. The minimum atomic E-state index is -0.248. The molecule has 5 rings (SSSR count). The van der Waals surface area contributed by atoms with Gasteiger partial charge >= 0.3 is 0 Å². The van der Waals surface area contributed by atoms with Crippen LogP contribution in [0.4, 0.5) is 5.95 Å². The standard InChI is InChI=1S/C20H18N4O2S/c1-11-8-9-27-18(11)17-16-14(6-3-7-15(16)26)21-20-22-19(23-24(17)20)12-4-2-5-13(25)10-12/h2,4-5,8-10,17,25H,3,6-7H2,1H3,(H,21,22,23). The number of fused-ring (bicyclic) bond motifs is 1. The molecule has 1 aliphatic heterocycles. The fourth-order valence-electron chi connectivity index (χ4n) is 3.83. The van der Waals surface area contributed by atoms with Gasteiger partial charge in [0.15, 0.2) is 11.6 Å². The van der Waals surface area contributed by atoms with Gasteiger partial charge in [-0.25, -0.2) is 4.68 Å². The molecule has 7 heteroatoms. The molecule has 0 saturated carbocycles. The summed E-state index contributed by atoms with van der Waals surface area (Å²) >= 11 is 1.64. The van der Waals surface area contributed by atoms with E-state index in [1.165, 1.54) is 0 Å². The smallest absolute Gasteiger partial charge is 0.226 e. The van der Waals surface area contributed by atoms with Crippen LogP contribution in [0, 0.1) is 6.92 Å². The molecule has 1 aliphatic carbocycles. The van der Waals surface area contributed by atoms with Gasteiger partial charge in [-0.2, -0.15) is 4.98 Å². The molecule has 0 fully saturated rings. The summed E-state index contributed by atoms with van der Waals surface area (Å²) in [6, 6.07) is 8.72. The number of phenols is 1. The van der Waals surface area contributed by atoms with Crippen LogP contribution in [-0.4, -0.2) is 25.7 Å². The van der Waals surface area contributed by atoms with E-state index in [-0.39, 0.29) is 17.6 Å². The number of nitrogens with zero attached hydrogens (tertiary/aromatic N) is 3. The summed E-state index contributed by atoms with van der Waals surface area (Å²) in [5.74, 6) is 1.52. The zero-order valence-corrected chi connectivity index (χ0v) is 15.6. The maximum Gasteiger partial charge on any atom is 0.226 e. The van der Waals surface area contributed by atoms with Crippen molar-refractivity contribution in [3.05, 3.63) is 57.4 Å². The highest BCUT2D eigenvalue weighted by Crippen LogP contribution is 2.43. The van der Waals surface area contributed by atoms with Crippen molar-refractivity contribution >= 4 is 23.1 Å². The minimum Gasteiger partial charge on any atom is -0.508 e. The lowest BCUT2D eigenvalue weighted by Gasteiger charge is -2.31. The van der Waals surface area contributed by atoms with Crippen molar-refractivity contribution in [1.29, 1.82) is 0 Å². The van der Waals surface area contributed by atoms with Gasteiger partial charge in [-0.3, -0.25) is 4.79 Å². The van der Waals surface area contributed by atoms with Crippen LogP contribution >= 0.6 is 11.3 Å². The predicted molar refractivity (Wildman–Crippen MR) is 104 cm³/mol. The first-order chi connectivity index (χ1) is 13.1. The summed E-state index contributed by atoms with van der Waals surface area (Å²) in [5, 5.41) is 19.9. The van der Waals surface area contributed by atoms with Crippen LogP contribution in [0.3, 0.4) is 0 Å². The van der Waals surface area contributed by atoms with Gasteiger partial charge in [-0.05, 0) is 48.9 Å². The van der Waals surface area contributed by atoms with Gasteiger partial charge in [0.25, 0.3) is 0 Å². The zero-order chi connectivity index (χ0) is 18.5. The number of rotatable bonds is 2. The topological polar surface area (TPSA) is 80.0 Å². The van der Waals surface area contributed by atoms with Gasteiger partial charge < -0.3 is 10.4 Å². The number of nitrogens with one attached hydrogen (secondary N) is 1. The third-order valence-electron chi connectivity index (χ3n) is 5.12. The van der Waals surface area contributed by atoms with E-state index in [1.54, 1.807) is 29.5 Å². The number of ketones is 1. The lowest BCUT2D eigenvalue weighted by molar-refractivity contribution is -0.116. The first-order valence-electron chi connectivity index (χ1n) is 8.95. The number of Topliss-reactive ketones (excluding diaryl/α,β-unsaturated/α-hetero) is 1. The van der Waals surface area contributed by atoms with Gasteiger partial charge in [0.05, 0.1) is 0 Å². The van der Waals surface area contributed by atoms with Crippen LogP contribution in [0.2, 0.25) is 0 Å². The van der Waals surface area contributed by atoms with Crippen LogP contribution in [0.25, 0.3) is 11.4 Å². The van der Waals surface area contributed by atoms with E-state index in [0.29, 0.717) is 18.2 Å². The molecule has 6 nitrogen and oxygen atoms in total. The van der Waals surface area contributed by atoms with Crippen molar-refractivity contribution in [2.45, 2.75) is 32.2 Å². The Kier molecular flexibility index (Phi) is 3.65. The lowest BCUT2D eigenvalue weighted by atomic mass is 9.87. The zero-order valence-electron chi connectivity index (χ0n) is 14.8. The Morgan fingerprint density at radius 2 is 2.19 bits per heavy atom. The Balaban J connectivity index is 1.69. The Morgan fingerprint density at radius 3 is 2.96 bits per heavy atom. The molecule has 1 unspecified atom stereocenters. The first kappa shape index (κ1) is 16.3. The van der Waals surface area contributed by atoms with Crippen molar-refractivity contribution in [1.82, 2.24) is 14.8 Å². The van der Waals surface area contributed by atoms with E-state index >= 15 is 0 Å². The largest absolute Gasteiger partial charge is 0.508 e. The van der Waals surface area contributed by atoms with Crippen LogP contribution in [0.5, 0.6) is 5.75 Å². The summed E-state index contributed by atoms with van der Waals surface area (Å²) in [6.45, 7) is 2.06. The molecule has 136 valence electrons. The number of anilines is 1. The van der Waals surface area contributed by atoms with Crippen LogP contribution in [-0.2, 0) is 4.79 Å². The molecule has 27 heavy (non-hydrogen) atoms. The van der Waals surface area contributed by atoms with E-state index in [4.69, 9.17) is 5.10 Å². The minimum absolute atomic E-state index is 0.173. The van der Waals surface area contributed by atoms with E-state index < -0.39 is 0 Å². The van der Waals surface area contributed by atoms with Crippen molar-refractivity contribution in [2.24, 2.45) is 0 Å². The summed E-state index contributed by atoms with van der Waals surface area (Å²) in [6.07, 6.45) is 2.27. The second kappa shape index (κ2) is 6.06. The number of hydrogen-bond donors (Lipinski definition) is 2. The highest BCUT2D eigenvalue weighted by Gasteiger charge is 2.38. The van der Waals surface area contributed by atoms with Crippen LogP contribution < -0.4 is 5.32 Å². The van der Waals surface area contributed by atoms with Gasteiger partial charge in [-0.15, -0.1) is 16.4 Å². The van der Waals surface area contributed by atoms with Gasteiger partial charge in [0, 0.05) is 28.1 Å². The van der Waals surface area contributed by atoms with Gasteiger partial charge in [-0.1, -0.05) is 12.1 Å². The number of carbonyl (C=O) groups excluding carboxylic acids is 1. The Labute approximate surface area is 160 Å². The van der Waals surface area contributed by atoms with Crippen molar-refractivity contribution in [3.8, 4) is 17.1 Å². The average Bonchev–Trinajstić information content (AvgIpc) is 3.26. The quantitative estimate of drug-likeness (QED) is 0.703. The second-order valence-corrected chi connectivity index (χ2v) is 7.87. The molecule has 0 spiro atoms. The molecule has 1 aromatic carbocycles. The molecule has 0 bridgehead atoms. The number of phenolic OH excluding ortho intramolecular Hbond substituents is 1. The summed E-state index contributed by atoms with van der Waals surface area (Å²) in [5.41, 5.74) is 3.67. The maximum atomic E-state index is 12.8. The molecule has 0 radical (unpaired) electrons. The molecule has 0 amide bonds. The predicted octanol–water partition coefficient (Wildman–Crippen LogP) is 4.04. The van der Waals surface area contributed by atoms with Gasteiger partial charge in [0.2, 0.25) is 5.95 Å². The summed E-state index contributed by atoms with van der Waals surface area (Å²) < 4.78 is 1.82. The number of aromatic nitrogens is 3. The molecular formula is C20H18N4O2S. The molecule has 2 aliphatic rings. The van der Waals surface area contributed by atoms with E-state index in [2.05, 4.69) is 23.3 Å². The fraction of sp³-hybridized carbons (Fsp3) is 0.250.